The molecule has 24 heavy (non-hydrogen) atoms. The molecular formula is C19H23N3OS. The van der Waals surface area contributed by atoms with Gasteiger partial charge in [0.05, 0.1) is 5.92 Å². The highest BCUT2D eigenvalue weighted by Crippen LogP contribution is 2.39. The van der Waals surface area contributed by atoms with Gasteiger partial charge >= 0.3 is 0 Å². The van der Waals surface area contributed by atoms with Gasteiger partial charge in [-0.05, 0) is 56.0 Å². The average Bonchev–Trinajstić information content (AvgIpc) is 3.14. The summed E-state index contributed by atoms with van der Waals surface area (Å²) in [5.41, 5.74) is 1.09. The van der Waals surface area contributed by atoms with Crippen LogP contribution in [-0.4, -0.2) is 34.4 Å². The van der Waals surface area contributed by atoms with Crippen molar-refractivity contribution in [2.24, 2.45) is 0 Å². The maximum atomic E-state index is 12.5. The molecule has 2 aliphatic rings. The van der Waals surface area contributed by atoms with Crippen LogP contribution in [0.4, 0.5) is 0 Å². The molecule has 126 valence electrons. The number of hydrogen-bond acceptors (Lipinski definition) is 4. The second-order valence-corrected chi connectivity index (χ2v) is 8.47. The molecule has 0 aliphatic carbocycles. The van der Waals surface area contributed by atoms with Crippen LogP contribution < -0.4 is 5.32 Å². The summed E-state index contributed by atoms with van der Waals surface area (Å²) in [6.07, 6.45) is 6.57. The van der Waals surface area contributed by atoms with Crippen molar-refractivity contribution < 1.29 is 4.79 Å². The monoisotopic (exact) mass is 341 g/mol. The maximum absolute atomic E-state index is 12.5. The number of piperidine rings is 1. The number of thiophene rings is 1. The first kappa shape index (κ1) is 15.8. The summed E-state index contributed by atoms with van der Waals surface area (Å²) < 4.78 is 0. The van der Waals surface area contributed by atoms with Crippen molar-refractivity contribution in [3.05, 3.63) is 52.0 Å². The van der Waals surface area contributed by atoms with Crippen LogP contribution in [0.5, 0.6) is 0 Å². The number of carbonyl (C=O) groups is 1. The van der Waals surface area contributed by atoms with Gasteiger partial charge in [0.2, 0.25) is 5.91 Å². The van der Waals surface area contributed by atoms with Gasteiger partial charge in [-0.25, -0.2) is 0 Å². The van der Waals surface area contributed by atoms with Gasteiger partial charge in [0.15, 0.2) is 0 Å². The Morgan fingerprint density at radius 3 is 2.67 bits per heavy atom. The summed E-state index contributed by atoms with van der Waals surface area (Å²) in [5.74, 6) is 0.169. The van der Waals surface area contributed by atoms with Gasteiger partial charge in [-0.15, -0.1) is 11.3 Å². The number of aryl methyl sites for hydroxylation is 1. The predicted molar refractivity (Wildman–Crippen MR) is 96.0 cm³/mol. The minimum Gasteiger partial charge on any atom is -0.350 e. The fourth-order valence-corrected chi connectivity index (χ4v) is 4.94. The summed E-state index contributed by atoms with van der Waals surface area (Å²) in [6, 6.07) is 8.37. The molecule has 1 amide bonds. The Morgan fingerprint density at radius 1 is 1.25 bits per heavy atom. The first-order chi connectivity index (χ1) is 11.6. The SMILES string of the molecule is Cc1ccc(CN2CCC3(CC2)CC(c2ccncc2)C(=O)N3)s1. The molecule has 2 aliphatic heterocycles. The highest BCUT2D eigenvalue weighted by Gasteiger charge is 2.46. The van der Waals surface area contributed by atoms with Crippen molar-refractivity contribution >= 4 is 17.2 Å². The number of nitrogens with zero attached hydrogens (tertiary/aromatic N) is 2. The molecular weight excluding hydrogens is 318 g/mol. The minimum absolute atomic E-state index is 0.00706. The third-order valence-electron chi connectivity index (χ3n) is 5.40. The van der Waals surface area contributed by atoms with Crippen molar-refractivity contribution in [3.63, 3.8) is 0 Å². The van der Waals surface area contributed by atoms with Crippen molar-refractivity contribution in [3.8, 4) is 0 Å². The van der Waals surface area contributed by atoms with Gasteiger partial charge in [0.25, 0.3) is 0 Å². The standard InChI is InChI=1S/C19H23N3OS/c1-14-2-3-16(24-14)13-22-10-6-19(7-11-22)12-17(18(23)21-19)15-4-8-20-9-5-15/h2-5,8-9,17H,6-7,10-13H2,1H3,(H,21,23). The van der Waals surface area contributed by atoms with Crippen LogP contribution in [0, 0.1) is 6.92 Å². The molecule has 0 aromatic carbocycles. The zero-order chi connectivity index (χ0) is 16.6. The normalized spacial score (nSPS) is 23.5. The molecule has 2 aromatic rings. The molecule has 4 heterocycles. The zero-order valence-corrected chi connectivity index (χ0v) is 14.8. The lowest BCUT2D eigenvalue weighted by Crippen LogP contribution is -2.50. The second kappa shape index (κ2) is 6.30. The summed E-state index contributed by atoms with van der Waals surface area (Å²) >= 11 is 1.89. The van der Waals surface area contributed by atoms with Crippen LogP contribution in [0.2, 0.25) is 0 Å². The summed E-state index contributed by atoms with van der Waals surface area (Å²) in [4.78, 5) is 21.9. The molecule has 1 atom stereocenters. The molecule has 0 radical (unpaired) electrons. The summed E-state index contributed by atoms with van der Waals surface area (Å²) in [7, 11) is 0. The lowest BCUT2D eigenvalue weighted by molar-refractivity contribution is -0.121. The quantitative estimate of drug-likeness (QED) is 0.933. The van der Waals surface area contributed by atoms with Crippen molar-refractivity contribution in [1.29, 1.82) is 0 Å². The smallest absolute Gasteiger partial charge is 0.228 e. The second-order valence-electron chi connectivity index (χ2n) is 7.10. The van der Waals surface area contributed by atoms with E-state index in [4.69, 9.17) is 0 Å². The first-order valence-corrected chi connectivity index (χ1v) is 9.45. The van der Waals surface area contributed by atoms with E-state index in [1.807, 2.05) is 23.5 Å². The highest BCUT2D eigenvalue weighted by molar-refractivity contribution is 7.11. The van der Waals surface area contributed by atoms with E-state index in [1.54, 1.807) is 12.4 Å². The van der Waals surface area contributed by atoms with Gasteiger partial charge < -0.3 is 5.32 Å². The van der Waals surface area contributed by atoms with Crippen molar-refractivity contribution in [2.75, 3.05) is 13.1 Å². The molecule has 4 nitrogen and oxygen atoms in total. The largest absolute Gasteiger partial charge is 0.350 e. The Hall–Kier alpha value is -1.72. The first-order valence-electron chi connectivity index (χ1n) is 8.63. The van der Waals surface area contributed by atoms with Crippen LogP contribution in [0.3, 0.4) is 0 Å². The van der Waals surface area contributed by atoms with Gasteiger partial charge in [-0.2, -0.15) is 0 Å². The third-order valence-corrected chi connectivity index (χ3v) is 6.38. The number of likely N-dealkylation sites (tertiary alicyclic amines) is 1. The van der Waals surface area contributed by atoms with Crippen LogP contribution in [-0.2, 0) is 11.3 Å². The van der Waals surface area contributed by atoms with E-state index in [0.717, 1.165) is 44.5 Å². The van der Waals surface area contributed by atoms with E-state index >= 15 is 0 Å². The van der Waals surface area contributed by atoms with Crippen LogP contribution in [0.15, 0.2) is 36.7 Å². The fraction of sp³-hybridized carbons (Fsp3) is 0.474. The summed E-state index contributed by atoms with van der Waals surface area (Å²) in [5, 5.41) is 3.32. The van der Waals surface area contributed by atoms with Crippen LogP contribution >= 0.6 is 11.3 Å². The number of aromatic nitrogens is 1. The van der Waals surface area contributed by atoms with Gasteiger partial charge in [0, 0.05) is 47.3 Å². The van der Waals surface area contributed by atoms with Gasteiger partial charge in [-0.1, -0.05) is 0 Å². The number of pyridine rings is 1. The predicted octanol–water partition coefficient (Wildman–Crippen LogP) is 3.09. The number of nitrogens with one attached hydrogen (secondary N) is 1. The molecule has 2 fully saturated rings. The average molecular weight is 341 g/mol. The molecule has 2 saturated heterocycles. The van der Waals surface area contributed by atoms with E-state index in [-0.39, 0.29) is 17.4 Å². The third kappa shape index (κ3) is 3.10. The van der Waals surface area contributed by atoms with E-state index < -0.39 is 0 Å². The Balaban J connectivity index is 1.39. The lowest BCUT2D eigenvalue weighted by atomic mass is 9.82. The summed E-state index contributed by atoms with van der Waals surface area (Å²) in [6.45, 7) is 5.31. The molecule has 0 bridgehead atoms. The Kier molecular flexibility index (Phi) is 4.14. The van der Waals surface area contributed by atoms with Crippen LogP contribution in [0.25, 0.3) is 0 Å². The molecule has 0 saturated carbocycles. The molecule has 5 heteroatoms. The molecule has 1 unspecified atom stereocenters. The molecule has 4 rings (SSSR count). The van der Waals surface area contributed by atoms with Gasteiger partial charge in [0.1, 0.15) is 0 Å². The molecule has 1 N–H and O–H groups in total. The minimum atomic E-state index is -0.0144. The van der Waals surface area contributed by atoms with Crippen molar-refractivity contribution in [2.45, 2.75) is 44.2 Å². The van der Waals surface area contributed by atoms with Crippen molar-refractivity contribution in [1.82, 2.24) is 15.2 Å². The zero-order valence-electron chi connectivity index (χ0n) is 14.0. The number of rotatable bonds is 3. The fourth-order valence-electron chi connectivity index (χ4n) is 4.01. The molecule has 2 aromatic heterocycles. The number of carbonyl (C=O) groups excluding carboxylic acids is 1. The van der Waals surface area contributed by atoms with Crippen LogP contribution in [0.1, 0.15) is 40.5 Å². The topological polar surface area (TPSA) is 45.2 Å². The van der Waals surface area contributed by atoms with E-state index in [2.05, 4.69) is 34.3 Å². The lowest BCUT2D eigenvalue weighted by Gasteiger charge is -2.39. The molecule has 1 spiro atoms. The van der Waals surface area contributed by atoms with E-state index in [9.17, 15) is 4.79 Å². The maximum Gasteiger partial charge on any atom is 0.228 e. The van der Waals surface area contributed by atoms with E-state index in [0.29, 0.717) is 0 Å². The number of amides is 1. The Labute approximate surface area is 146 Å². The van der Waals surface area contributed by atoms with E-state index in [1.165, 1.54) is 9.75 Å². The number of hydrogen-bond donors (Lipinski definition) is 1. The Morgan fingerprint density at radius 2 is 2.00 bits per heavy atom. The van der Waals surface area contributed by atoms with Gasteiger partial charge in [-0.3, -0.25) is 14.7 Å². The highest BCUT2D eigenvalue weighted by atomic mass is 32.1. The Bertz CT molecular complexity index is 719.